The number of fused-ring (bicyclic) bond motifs is 3. The van der Waals surface area contributed by atoms with E-state index in [2.05, 4.69) is 10.6 Å². The van der Waals surface area contributed by atoms with Gasteiger partial charge in [0.1, 0.15) is 40.4 Å². The van der Waals surface area contributed by atoms with Crippen molar-refractivity contribution in [2.24, 2.45) is 64.1 Å². The molecule has 0 radical (unpaired) electrons. The number of ether oxygens (including phenoxy) is 2. The molecule has 12 nitrogen and oxygen atoms in total. The van der Waals surface area contributed by atoms with Crippen LogP contribution < -0.4 is 10.6 Å². The van der Waals surface area contributed by atoms with Crippen LogP contribution in [0.1, 0.15) is 103 Å². The monoisotopic (exact) mass is 858 g/mol. The van der Waals surface area contributed by atoms with Crippen molar-refractivity contribution in [2.45, 2.75) is 145 Å². The van der Waals surface area contributed by atoms with Gasteiger partial charge in [0.05, 0.1) is 36.6 Å². The summed E-state index contributed by atoms with van der Waals surface area (Å²) in [5, 5.41) is 78.7. The second-order valence-corrected chi connectivity index (χ2v) is 23.1. The molecular weight excluding hydrogens is 793 g/mol. The van der Waals surface area contributed by atoms with Crippen molar-refractivity contribution in [3.8, 4) is 0 Å². The molecule has 0 amide bonds. The van der Waals surface area contributed by atoms with Crippen molar-refractivity contribution in [1.29, 1.82) is 0 Å². The molecule has 18 atom stereocenters. The first-order valence-electron chi connectivity index (χ1n) is 23.0. The summed E-state index contributed by atoms with van der Waals surface area (Å²) in [5.41, 5.74) is -4.57. The Morgan fingerprint density at radius 2 is 1.73 bits per heavy atom. The van der Waals surface area contributed by atoms with Crippen LogP contribution in [0.25, 0.3) is 0 Å². The molecule has 59 heavy (non-hydrogen) atoms. The van der Waals surface area contributed by atoms with Gasteiger partial charge in [-0.15, -0.1) is 0 Å². The Morgan fingerprint density at radius 1 is 0.898 bits per heavy atom. The molecule has 3 saturated heterocycles. The second kappa shape index (κ2) is 15.9. The van der Waals surface area contributed by atoms with Gasteiger partial charge in [0, 0.05) is 18.3 Å². The minimum Gasteiger partial charge on any atom is -0.511 e. The van der Waals surface area contributed by atoms with E-state index in [1.807, 2.05) is 6.08 Å². The summed E-state index contributed by atoms with van der Waals surface area (Å²) in [5.74, 6) is -0.903. The van der Waals surface area contributed by atoms with Crippen LogP contribution in [0.3, 0.4) is 0 Å². The maximum Gasteiger partial charge on any atom is 0.187 e. The highest BCUT2D eigenvalue weighted by molar-refractivity contribution is 8.76. The van der Waals surface area contributed by atoms with Crippen molar-refractivity contribution in [2.75, 3.05) is 31.4 Å². The molecule has 14 heteroatoms. The van der Waals surface area contributed by atoms with E-state index in [1.165, 1.54) is 10.8 Å². The van der Waals surface area contributed by atoms with Crippen molar-refractivity contribution >= 4 is 33.2 Å². The number of aliphatic hydroxyl groups is 6. The predicted molar refractivity (Wildman–Crippen MR) is 222 cm³/mol. The first-order chi connectivity index (χ1) is 28.5. The molecule has 0 aromatic rings. The third kappa shape index (κ3) is 6.32. The van der Waals surface area contributed by atoms with Crippen molar-refractivity contribution in [1.82, 2.24) is 10.6 Å². The van der Waals surface area contributed by atoms with Crippen LogP contribution in [-0.2, 0) is 19.1 Å². The number of carbonyl (C=O) groups excluding carboxylic acids is 2. The lowest BCUT2D eigenvalue weighted by Crippen LogP contribution is -2.80. The average Bonchev–Trinajstić information content (AvgIpc) is 3.69. The highest BCUT2D eigenvalue weighted by Gasteiger charge is 2.74. The molecule has 7 aliphatic carbocycles. The van der Waals surface area contributed by atoms with Crippen LogP contribution in [-0.4, -0.2) is 116 Å². The topological polar surface area (TPSA) is 198 Å². The van der Waals surface area contributed by atoms with Gasteiger partial charge in [-0.2, -0.15) is 0 Å². The van der Waals surface area contributed by atoms with E-state index >= 15 is 4.79 Å². The maximum atomic E-state index is 15.5. The molecule has 0 aromatic carbocycles. The lowest BCUT2D eigenvalue weighted by atomic mass is 9.44. The van der Waals surface area contributed by atoms with E-state index in [0.29, 0.717) is 55.7 Å². The molecule has 9 fully saturated rings. The number of ketones is 2. The highest BCUT2D eigenvalue weighted by Crippen LogP contribution is 2.68. The zero-order valence-electron chi connectivity index (χ0n) is 34.2. The number of rotatable bonds is 4. The summed E-state index contributed by atoms with van der Waals surface area (Å²) in [6.45, 7) is 0.423. The van der Waals surface area contributed by atoms with Crippen LogP contribution >= 0.6 is 21.6 Å². The summed E-state index contributed by atoms with van der Waals surface area (Å²) in [4.78, 5) is 30.4. The number of carbonyl (C=O) groups is 2. The van der Waals surface area contributed by atoms with Gasteiger partial charge in [0.15, 0.2) is 12.1 Å². The fraction of sp³-hybridized carbons (Fsp3) is 0.867. The average molecular weight is 859 g/mol. The van der Waals surface area contributed by atoms with Gasteiger partial charge in [-0.3, -0.25) is 14.9 Å². The normalized spacial score (nSPS) is 52.4. The number of hydrogen-bond donors (Lipinski definition) is 8. The Kier molecular flexibility index (Phi) is 11.3. The zero-order chi connectivity index (χ0) is 40.9. The zero-order valence-corrected chi connectivity index (χ0v) is 35.9. The van der Waals surface area contributed by atoms with E-state index in [4.69, 9.17) is 9.47 Å². The van der Waals surface area contributed by atoms with Gasteiger partial charge in [-0.25, -0.2) is 0 Å². The van der Waals surface area contributed by atoms with E-state index in [-0.39, 0.29) is 59.5 Å². The molecule has 2 spiro atoms. The minimum absolute atomic E-state index is 0.00101. The van der Waals surface area contributed by atoms with Crippen LogP contribution in [0.2, 0.25) is 0 Å². The number of aliphatic hydroxyl groups excluding tert-OH is 5. The van der Waals surface area contributed by atoms with E-state index in [9.17, 15) is 35.4 Å². The van der Waals surface area contributed by atoms with Gasteiger partial charge < -0.3 is 45.4 Å². The molecule has 8 N–H and O–H groups in total. The molecule has 6 saturated carbocycles. The molecule has 7 bridgehead atoms. The standard InChI is InChI=1S/C45H66N2O10S2/c48-20-25-5-1-4-24(14-25)15-26-16-31-37(51)29-7-2-8-32-36(29)38(52)44(31,34(50)17-26)22-58-59-23-47-35-18-30-27(19-46-35)9-10-28-6-3-12-43(28,30)33-11-13-42(21-49)41(54)45(33,55)39(53)40(56-32)57-42/h16-17,24-25,27-33,35-36,39-41,46-50,53-55H,1-15,18-23H2. The van der Waals surface area contributed by atoms with Crippen LogP contribution in [0.4, 0.5) is 0 Å². The van der Waals surface area contributed by atoms with Crippen LogP contribution in [0, 0.1) is 64.1 Å². The first kappa shape index (κ1) is 41.9. The van der Waals surface area contributed by atoms with Crippen LogP contribution in [0.5, 0.6) is 0 Å². The number of nitrogens with one attached hydrogen (secondary N) is 2. The Bertz CT molecular complexity index is 1720. The maximum absolute atomic E-state index is 15.5. The van der Waals surface area contributed by atoms with Gasteiger partial charge in [0.25, 0.3) is 0 Å². The van der Waals surface area contributed by atoms with E-state index in [1.54, 1.807) is 16.9 Å². The number of hydrogen-bond acceptors (Lipinski definition) is 14. The first-order valence-corrected chi connectivity index (χ1v) is 25.5. The van der Waals surface area contributed by atoms with Gasteiger partial charge in [0.2, 0.25) is 0 Å². The molecule has 0 aromatic heterocycles. The summed E-state index contributed by atoms with van der Waals surface area (Å²) in [6.07, 6.45) is 11.1. The number of piperidine rings is 1. The Balaban J connectivity index is 1.03. The van der Waals surface area contributed by atoms with Gasteiger partial charge >= 0.3 is 0 Å². The number of allylic oxidation sites excluding steroid dienone is 4. The largest absolute Gasteiger partial charge is 0.511 e. The second-order valence-electron chi connectivity index (χ2n) is 20.6. The Morgan fingerprint density at radius 3 is 2.56 bits per heavy atom. The highest BCUT2D eigenvalue weighted by atomic mass is 33.1. The summed E-state index contributed by atoms with van der Waals surface area (Å²) in [6, 6.07) is 0. The van der Waals surface area contributed by atoms with E-state index in [0.717, 1.165) is 76.3 Å². The van der Waals surface area contributed by atoms with Crippen LogP contribution in [0.15, 0.2) is 23.5 Å². The molecule has 10 aliphatic rings. The quantitative estimate of drug-likeness (QED) is 0.188. The number of Topliss-reactive ketones (excluding diaryl/α,β-unsaturated/α-hetero) is 2. The Labute approximate surface area is 355 Å². The fourth-order valence-electron chi connectivity index (χ4n) is 15.5. The summed E-state index contributed by atoms with van der Waals surface area (Å²) < 4.78 is 13.3. The molecule has 3 heterocycles. The smallest absolute Gasteiger partial charge is 0.187 e. The lowest BCUT2D eigenvalue weighted by molar-refractivity contribution is -0.408. The van der Waals surface area contributed by atoms with E-state index < -0.39 is 71.5 Å². The summed E-state index contributed by atoms with van der Waals surface area (Å²) >= 11 is 0. The molecular formula is C45H66N2O10S2. The third-order valence-corrected chi connectivity index (χ3v) is 20.4. The predicted octanol–water partition coefficient (Wildman–Crippen LogP) is 4.14. The fourth-order valence-corrected chi connectivity index (χ4v) is 17.9. The molecule has 10 rings (SSSR count). The Hall–Kier alpha value is -1.04. The summed E-state index contributed by atoms with van der Waals surface area (Å²) in [7, 11) is 3.11. The third-order valence-electron chi connectivity index (χ3n) is 18.2. The molecule has 3 aliphatic heterocycles. The minimum atomic E-state index is -2.05. The van der Waals surface area contributed by atoms with Gasteiger partial charge in [-0.05, 0) is 136 Å². The molecule has 18 unspecified atom stereocenters. The van der Waals surface area contributed by atoms with Crippen molar-refractivity contribution < 1.29 is 49.7 Å². The van der Waals surface area contributed by atoms with Gasteiger partial charge in [-0.1, -0.05) is 53.3 Å². The lowest BCUT2D eigenvalue weighted by Gasteiger charge is -2.67. The molecule has 328 valence electrons. The SMILES string of the molecule is O=C1C2CCCC3OC4OC5(CO)CCC(C(O)(C4O)C5O)C45CCCC4CCC4CNC(CC45)NCSSCC4(C(=O)C32)C(O)=CC(CC2CCCC(CO)C2)=CC14. The van der Waals surface area contributed by atoms with Crippen molar-refractivity contribution in [3.63, 3.8) is 0 Å². The van der Waals surface area contributed by atoms with Crippen molar-refractivity contribution in [3.05, 3.63) is 23.5 Å².